The molecule has 0 bridgehead atoms. The summed E-state index contributed by atoms with van der Waals surface area (Å²) in [6.07, 6.45) is 1.65. The molecule has 1 spiro atoms. The van der Waals surface area contributed by atoms with Gasteiger partial charge in [0.2, 0.25) is 5.91 Å². The summed E-state index contributed by atoms with van der Waals surface area (Å²) in [6, 6.07) is 7.04. The lowest BCUT2D eigenvalue weighted by Crippen LogP contribution is -2.56. The van der Waals surface area contributed by atoms with Crippen molar-refractivity contribution in [2.75, 3.05) is 38.0 Å². The van der Waals surface area contributed by atoms with Crippen LogP contribution >= 0.6 is 11.6 Å². The summed E-state index contributed by atoms with van der Waals surface area (Å²) in [4.78, 5) is 29.5. The first-order valence-corrected chi connectivity index (χ1v) is 10.6. The van der Waals surface area contributed by atoms with Crippen LogP contribution in [0, 0.1) is 17.8 Å². The van der Waals surface area contributed by atoms with Crippen molar-refractivity contribution in [1.82, 2.24) is 15.1 Å². The van der Waals surface area contributed by atoms with Gasteiger partial charge in [0.25, 0.3) is 0 Å². The molecule has 3 heterocycles. The van der Waals surface area contributed by atoms with Crippen molar-refractivity contribution < 1.29 is 9.59 Å². The first kappa shape index (κ1) is 19.5. The third-order valence-corrected chi connectivity index (χ3v) is 6.73. The average molecular weight is 405 g/mol. The Bertz CT molecular complexity index is 743. The van der Waals surface area contributed by atoms with Crippen LogP contribution in [0.4, 0.5) is 10.5 Å². The molecule has 7 heteroatoms. The standard InChI is InChI=1S/C21H29ClN4O2/c1-14(2)11-25-12-17-18(13-25)21(24-19(17)27)7-9-26(10-8-21)20(28)23-16-5-3-15(22)4-6-16/h3-6,14,17-18H,7-13H2,1-2H3,(H,23,28)(H,24,27)/t17-,18-/m1/s1. The van der Waals surface area contributed by atoms with E-state index in [9.17, 15) is 9.59 Å². The van der Waals surface area contributed by atoms with Crippen LogP contribution in [0.1, 0.15) is 26.7 Å². The molecule has 0 radical (unpaired) electrons. The van der Waals surface area contributed by atoms with E-state index in [1.807, 2.05) is 4.90 Å². The number of piperidine rings is 1. The van der Waals surface area contributed by atoms with Gasteiger partial charge in [-0.05, 0) is 43.0 Å². The first-order valence-electron chi connectivity index (χ1n) is 10.2. The number of likely N-dealkylation sites (tertiary alicyclic amines) is 2. The molecule has 0 aliphatic carbocycles. The van der Waals surface area contributed by atoms with Crippen molar-refractivity contribution in [3.63, 3.8) is 0 Å². The molecule has 2 N–H and O–H groups in total. The zero-order valence-electron chi connectivity index (χ0n) is 16.6. The Hall–Kier alpha value is -1.79. The molecular formula is C21H29ClN4O2. The summed E-state index contributed by atoms with van der Waals surface area (Å²) >= 11 is 5.90. The largest absolute Gasteiger partial charge is 0.350 e. The third-order valence-electron chi connectivity index (χ3n) is 6.48. The summed E-state index contributed by atoms with van der Waals surface area (Å²) in [5.74, 6) is 1.28. The van der Waals surface area contributed by atoms with Crippen LogP contribution in [0.5, 0.6) is 0 Å². The monoisotopic (exact) mass is 404 g/mol. The number of nitrogens with one attached hydrogen (secondary N) is 2. The van der Waals surface area contributed by atoms with Gasteiger partial charge in [0.15, 0.2) is 0 Å². The molecule has 4 rings (SSSR count). The Morgan fingerprint density at radius 1 is 1.25 bits per heavy atom. The van der Waals surface area contributed by atoms with E-state index in [4.69, 9.17) is 11.6 Å². The minimum atomic E-state index is -0.148. The molecule has 0 saturated carbocycles. The van der Waals surface area contributed by atoms with Crippen molar-refractivity contribution in [3.8, 4) is 0 Å². The van der Waals surface area contributed by atoms with Crippen molar-refractivity contribution in [1.29, 1.82) is 0 Å². The molecule has 0 unspecified atom stereocenters. The second-order valence-electron chi connectivity index (χ2n) is 8.89. The Morgan fingerprint density at radius 3 is 2.57 bits per heavy atom. The highest BCUT2D eigenvalue weighted by atomic mass is 35.5. The van der Waals surface area contributed by atoms with Crippen LogP contribution in [-0.2, 0) is 4.79 Å². The molecule has 3 saturated heterocycles. The summed E-state index contributed by atoms with van der Waals surface area (Å²) in [6.45, 7) is 8.67. The number of hydrogen-bond donors (Lipinski definition) is 2. The molecule has 3 aliphatic rings. The fraction of sp³-hybridized carbons (Fsp3) is 0.619. The number of carbonyl (C=O) groups is 2. The second kappa shape index (κ2) is 7.56. The molecule has 1 aromatic rings. The number of amides is 3. The van der Waals surface area contributed by atoms with Crippen molar-refractivity contribution in [2.24, 2.45) is 17.8 Å². The Morgan fingerprint density at radius 2 is 1.93 bits per heavy atom. The molecule has 3 aliphatic heterocycles. The van der Waals surface area contributed by atoms with Gasteiger partial charge in [-0.2, -0.15) is 0 Å². The molecule has 1 aromatic carbocycles. The number of rotatable bonds is 3. The fourth-order valence-corrected chi connectivity index (χ4v) is 5.27. The highest BCUT2D eigenvalue weighted by Gasteiger charge is 2.57. The van der Waals surface area contributed by atoms with Gasteiger partial charge in [-0.15, -0.1) is 0 Å². The highest BCUT2D eigenvalue weighted by molar-refractivity contribution is 6.30. The summed E-state index contributed by atoms with van der Waals surface area (Å²) in [5, 5.41) is 6.90. The van der Waals surface area contributed by atoms with Crippen LogP contribution in [0.15, 0.2) is 24.3 Å². The molecule has 3 fully saturated rings. The zero-order chi connectivity index (χ0) is 19.9. The van der Waals surface area contributed by atoms with Gasteiger partial charge in [0.1, 0.15) is 0 Å². The minimum Gasteiger partial charge on any atom is -0.350 e. The number of urea groups is 1. The maximum atomic E-state index is 12.6. The van der Waals surface area contributed by atoms with Gasteiger partial charge in [-0.1, -0.05) is 25.4 Å². The van der Waals surface area contributed by atoms with Gasteiger partial charge < -0.3 is 20.4 Å². The molecule has 6 nitrogen and oxygen atoms in total. The van der Waals surface area contributed by atoms with Gasteiger partial charge >= 0.3 is 6.03 Å². The normalized spacial score (nSPS) is 26.6. The van der Waals surface area contributed by atoms with Crippen LogP contribution in [0.2, 0.25) is 5.02 Å². The second-order valence-corrected chi connectivity index (χ2v) is 9.33. The van der Waals surface area contributed by atoms with Crippen molar-refractivity contribution >= 4 is 29.2 Å². The topological polar surface area (TPSA) is 64.7 Å². The predicted octanol–water partition coefficient (Wildman–Crippen LogP) is 3.04. The zero-order valence-corrected chi connectivity index (χ0v) is 17.3. The Balaban J connectivity index is 1.37. The van der Waals surface area contributed by atoms with Crippen LogP contribution in [0.25, 0.3) is 0 Å². The van der Waals surface area contributed by atoms with Crippen LogP contribution in [-0.4, -0.2) is 60.0 Å². The van der Waals surface area contributed by atoms with Gasteiger partial charge in [0.05, 0.1) is 5.92 Å². The highest BCUT2D eigenvalue weighted by Crippen LogP contribution is 2.44. The third kappa shape index (κ3) is 3.72. The van der Waals surface area contributed by atoms with E-state index in [1.54, 1.807) is 24.3 Å². The van der Waals surface area contributed by atoms with E-state index >= 15 is 0 Å². The SMILES string of the molecule is CC(C)CN1C[C@@H]2[C@@H](C1)C(=O)NC21CCN(C(=O)Nc2ccc(Cl)cc2)CC1. The molecule has 28 heavy (non-hydrogen) atoms. The Kier molecular flexibility index (Phi) is 5.27. The van der Waals surface area contributed by atoms with Crippen LogP contribution in [0.3, 0.4) is 0 Å². The van der Waals surface area contributed by atoms with E-state index in [1.165, 1.54) is 0 Å². The van der Waals surface area contributed by atoms with Crippen molar-refractivity contribution in [3.05, 3.63) is 29.3 Å². The molecule has 152 valence electrons. The maximum Gasteiger partial charge on any atom is 0.321 e. The summed E-state index contributed by atoms with van der Waals surface area (Å²) in [5.41, 5.74) is 0.592. The van der Waals surface area contributed by atoms with E-state index < -0.39 is 0 Å². The van der Waals surface area contributed by atoms with E-state index in [-0.39, 0.29) is 23.4 Å². The Labute approximate surface area is 171 Å². The van der Waals surface area contributed by atoms with Crippen LogP contribution < -0.4 is 10.6 Å². The number of halogens is 1. The number of anilines is 1. The summed E-state index contributed by atoms with van der Waals surface area (Å²) < 4.78 is 0. The molecule has 3 amide bonds. The average Bonchev–Trinajstić information content (AvgIpc) is 3.17. The quantitative estimate of drug-likeness (QED) is 0.813. The molecular weight excluding hydrogens is 376 g/mol. The smallest absolute Gasteiger partial charge is 0.321 e. The lowest BCUT2D eigenvalue weighted by molar-refractivity contribution is -0.123. The van der Waals surface area contributed by atoms with Gasteiger partial charge in [-0.3, -0.25) is 4.79 Å². The minimum absolute atomic E-state index is 0.0918. The number of carbonyl (C=O) groups excluding carboxylic acids is 2. The number of fused-ring (bicyclic) bond motifs is 2. The van der Waals surface area contributed by atoms with E-state index in [0.29, 0.717) is 29.9 Å². The lowest BCUT2D eigenvalue weighted by Gasteiger charge is -2.42. The maximum absolute atomic E-state index is 12.6. The molecule has 0 aromatic heterocycles. The van der Waals surface area contributed by atoms with E-state index in [0.717, 1.165) is 38.2 Å². The first-order chi connectivity index (χ1) is 13.4. The molecule has 2 atom stereocenters. The predicted molar refractivity (Wildman–Crippen MR) is 110 cm³/mol. The summed E-state index contributed by atoms with van der Waals surface area (Å²) in [7, 11) is 0. The lowest BCUT2D eigenvalue weighted by atomic mass is 9.75. The fourth-order valence-electron chi connectivity index (χ4n) is 5.15. The van der Waals surface area contributed by atoms with Gasteiger partial charge in [0, 0.05) is 54.9 Å². The number of benzene rings is 1. The number of hydrogen-bond acceptors (Lipinski definition) is 3. The van der Waals surface area contributed by atoms with E-state index in [2.05, 4.69) is 29.4 Å². The van der Waals surface area contributed by atoms with Crippen molar-refractivity contribution in [2.45, 2.75) is 32.2 Å². The van der Waals surface area contributed by atoms with Gasteiger partial charge in [-0.25, -0.2) is 4.79 Å². The number of nitrogens with zero attached hydrogens (tertiary/aromatic N) is 2.